The molecule has 1 aliphatic rings. The van der Waals surface area contributed by atoms with Crippen molar-refractivity contribution >= 4 is 23.5 Å². The summed E-state index contributed by atoms with van der Waals surface area (Å²) in [6, 6.07) is 3.59. The quantitative estimate of drug-likeness (QED) is 0.498. The number of allylic oxidation sites excluding steroid dienone is 1. The third kappa shape index (κ3) is 2.69. The largest absolute Gasteiger partial charge is 0.466 e. The highest BCUT2D eigenvalue weighted by atomic mass is 32.2. The van der Waals surface area contributed by atoms with E-state index < -0.39 is 11.9 Å². The predicted octanol–water partition coefficient (Wildman–Crippen LogP) is 1.89. The van der Waals surface area contributed by atoms with Gasteiger partial charge < -0.3 is 15.0 Å². The van der Waals surface area contributed by atoms with Gasteiger partial charge >= 0.3 is 5.97 Å². The Morgan fingerprint density at radius 1 is 1.42 bits per heavy atom. The van der Waals surface area contributed by atoms with Crippen molar-refractivity contribution in [2.24, 2.45) is 0 Å². The molecule has 3 rings (SSSR count). The lowest BCUT2D eigenvalue weighted by Gasteiger charge is -2.28. The van der Waals surface area contributed by atoms with Gasteiger partial charge in [-0.15, -0.1) is 0 Å². The molecular formula is C16H16N4O3S. The number of hydrogen-bond donors (Lipinski definition) is 2. The third-order valence-corrected chi connectivity index (χ3v) is 4.42. The normalized spacial score (nSPS) is 16.4. The van der Waals surface area contributed by atoms with E-state index in [2.05, 4.69) is 20.3 Å². The Bertz CT molecular complexity index is 877. The topological polar surface area (TPSA) is 97.0 Å². The molecule has 3 heterocycles. The maximum atomic E-state index is 12.6. The van der Waals surface area contributed by atoms with E-state index >= 15 is 0 Å². The average Bonchev–Trinajstić information content (AvgIpc) is 2.60. The van der Waals surface area contributed by atoms with Crippen molar-refractivity contribution in [1.82, 2.24) is 15.0 Å². The van der Waals surface area contributed by atoms with Gasteiger partial charge in [0.2, 0.25) is 0 Å². The maximum Gasteiger partial charge on any atom is 0.336 e. The van der Waals surface area contributed by atoms with Gasteiger partial charge in [0.25, 0.3) is 5.56 Å². The zero-order valence-electron chi connectivity index (χ0n) is 13.4. The van der Waals surface area contributed by atoms with Gasteiger partial charge in [0.1, 0.15) is 5.82 Å². The van der Waals surface area contributed by atoms with Gasteiger partial charge in [0.05, 0.1) is 24.2 Å². The number of nitrogens with zero attached hydrogens (tertiary/aromatic N) is 2. The van der Waals surface area contributed by atoms with Crippen LogP contribution in [0.2, 0.25) is 0 Å². The number of methoxy groups -OCH3 is 1. The molecule has 0 saturated heterocycles. The summed E-state index contributed by atoms with van der Waals surface area (Å²) in [6.07, 6.45) is 5.10. The van der Waals surface area contributed by atoms with Gasteiger partial charge in [-0.3, -0.25) is 9.78 Å². The van der Waals surface area contributed by atoms with Crippen LogP contribution in [0, 0.1) is 0 Å². The molecule has 2 N–H and O–H groups in total. The highest BCUT2D eigenvalue weighted by Crippen LogP contribution is 2.39. The Labute approximate surface area is 142 Å². The van der Waals surface area contributed by atoms with Crippen molar-refractivity contribution in [2.45, 2.75) is 18.0 Å². The van der Waals surface area contributed by atoms with E-state index in [0.29, 0.717) is 27.8 Å². The summed E-state index contributed by atoms with van der Waals surface area (Å²) in [5, 5.41) is 3.56. The van der Waals surface area contributed by atoms with E-state index in [1.54, 1.807) is 25.4 Å². The lowest BCUT2D eigenvalue weighted by molar-refractivity contribution is -0.136. The van der Waals surface area contributed by atoms with E-state index in [0.717, 1.165) is 5.56 Å². The summed E-state index contributed by atoms with van der Waals surface area (Å²) in [4.78, 5) is 36.2. The summed E-state index contributed by atoms with van der Waals surface area (Å²) in [5.74, 6) is -0.635. The first-order valence-electron chi connectivity index (χ1n) is 7.21. The van der Waals surface area contributed by atoms with Crippen molar-refractivity contribution < 1.29 is 9.53 Å². The summed E-state index contributed by atoms with van der Waals surface area (Å²) in [7, 11) is 1.32. The van der Waals surface area contributed by atoms with Crippen LogP contribution in [0.4, 0.5) is 5.82 Å². The molecular weight excluding hydrogens is 328 g/mol. The van der Waals surface area contributed by atoms with Crippen LogP contribution in [0.5, 0.6) is 0 Å². The summed E-state index contributed by atoms with van der Waals surface area (Å²) in [5.41, 5.74) is 1.80. The first kappa shape index (κ1) is 16.3. The summed E-state index contributed by atoms with van der Waals surface area (Å²) in [6.45, 7) is 1.76. The first-order chi connectivity index (χ1) is 11.6. The van der Waals surface area contributed by atoms with Gasteiger partial charge in [-0.05, 0) is 24.8 Å². The fraction of sp³-hybridized carbons (Fsp3) is 0.250. The molecule has 0 aliphatic carbocycles. The van der Waals surface area contributed by atoms with Gasteiger partial charge in [-0.25, -0.2) is 9.78 Å². The summed E-state index contributed by atoms with van der Waals surface area (Å²) < 4.78 is 4.92. The van der Waals surface area contributed by atoms with Crippen LogP contribution in [-0.4, -0.2) is 34.3 Å². The molecule has 1 atom stereocenters. The van der Waals surface area contributed by atoms with Crippen LogP contribution < -0.4 is 10.9 Å². The number of anilines is 1. The molecule has 124 valence electrons. The van der Waals surface area contributed by atoms with Crippen LogP contribution in [-0.2, 0) is 9.53 Å². The number of hydrogen-bond acceptors (Lipinski definition) is 7. The van der Waals surface area contributed by atoms with E-state index in [-0.39, 0.29) is 5.56 Å². The zero-order chi connectivity index (χ0) is 17.3. The Balaban J connectivity index is 2.29. The molecule has 2 aromatic rings. The second kappa shape index (κ2) is 6.48. The molecule has 0 aromatic carbocycles. The smallest absolute Gasteiger partial charge is 0.336 e. The Hall–Kier alpha value is -2.61. The van der Waals surface area contributed by atoms with Crippen molar-refractivity contribution in [1.29, 1.82) is 0 Å². The minimum atomic E-state index is -0.588. The van der Waals surface area contributed by atoms with Crippen molar-refractivity contribution in [3.63, 3.8) is 0 Å². The fourth-order valence-electron chi connectivity index (χ4n) is 2.79. The second-order valence-corrected chi connectivity index (χ2v) is 6.01. The lowest BCUT2D eigenvalue weighted by Crippen LogP contribution is -2.31. The number of fused-ring (bicyclic) bond motifs is 1. The number of nitrogens with one attached hydrogen (secondary N) is 2. The van der Waals surface area contributed by atoms with E-state index in [1.807, 2.05) is 12.3 Å². The van der Waals surface area contributed by atoms with Crippen LogP contribution >= 0.6 is 11.8 Å². The fourth-order valence-corrected chi connectivity index (χ4v) is 3.17. The molecule has 7 nitrogen and oxygen atoms in total. The van der Waals surface area contributed by atoms with Crippen molar-refractivity contribution in [3.8, 4) is 0 Å². The van der Waals surface area contributed by atoms with E-state index in [1.165, 1.54) is 18.9 Å². The molecule has 1 aliphatic heterocycles. The standard InChI is InChI=1S/C16H16N4O3S/c1-8-10(15(22)23-2)11(9-5-4-6-17-7-9)12-13(18-8)19-16(24-3)20-14(12)21/h4-7,11H,1-3H3,(H2,18,19,20,21)/t11-/m0/s1. The van der Waals surface area contributed by atoms with Crippen LogP contribution in [0.1, 0.15) is 24.0 Å². The number of aromatic nitrogens is 3. The first-order valence-corrected chi connectivity index (χ1v) is 8.43. The lowest BCUT2D eigenvalue weighted by atomic mass is 9.83. The number of H-pyrrole nitrogens is 1. The van der Waals surface area contributed by atoms with Gasteiger partial charge in [0.15, 0.2) is 5.16 Å². The highest BCUT2D eigenvalue weighted by Gasteiger charge is 2.36. The number of pyridine rings is 1. The van der Waals surface area contributed by atoms with Crippen LogP contribution in [0.3, 0.4) is 0 Å². The number of rotatable bonds is 3. The molecule has 0 unspecified atom stereocenters. The van der Waals surface area contributed by atoms with Crippen molar-refractivity contribution in [2.75, 3.05) is 18.7 Å². The molecule has 0 radical (unpaired) electrons. The number of aromatic amines is 1. The maximum absolute atomic E-state index is 12.6. The van der Waals surface area contributed by atoms with E-state index in [9.17, 15) is 9.59 Å². The molecule has 0 saturated carbocycles. The molecule has 0 spiro atoms. The number of ether oxygens (including phenoxy) is 1. The van der Waals surface area contributed by atoms with Gasteiger partial charge in [-0.1, -0.05) is 17.8 Å². The van der Waals surface area contributed by atoms with Gasteiger partial charge in [-0.2, -0.15) is 0 Å². The molecule has 8 heteroatoms. The number of thioether (sulfide) groups is 1. The van der Waals surface area contributed by atoms with Crippen LogP contribution in [0.15, 0.2) is 45.7 Å². The minimum absolute atomic E-state index is 0.292. The highest BCUT2D eigenvalue weighted by molar-refractivity contribution is 7.98. The van der Waals surface area contributed by atoms with Crippen LogP contribution in [0.25, 0.3) is 0 Å². The SMILES string of the molecule is COC(=O)C1=C(C)Nc2nc(SC)[nH]c(=O)c2[C@H]1c1cccnc1. The third-order valence-electron chi connectivity index (χ3n) is 3.84. The zero-order valence-corrected chi connectivity index (χ0v) is 14.2. The molecule has 0 amide bonds. The number of esters is 1. The van der Waals surface area contributed by atoms with Crippen molar-refractivity contribution in [3.05, 3.63) is 57.3 Å². The average molecular weight is 344 g/mol. The second-order valence-electron chi connectivity index (χ2n) is 5.21. The van der Waals surface area contributed by atoms with Gasteiger partial charge in [0, 0.05) is 18.1 Å². The molecule has 0 fully saturated rings. The number of carbonyl (C=O) groups is 1. The molecule has 0 bridgehead atoms. The Morgan fingerprint density at radius 2 is 2.21 bits per heavy atom. The van der Waals surface area contributed by atoms with E-state index in [4.69, 9.17) is 4.74 Å². The molecule has 2 aromatic heterocycles. The predicted molar refractivity (Wildman–Crippen MR) is 91.1 cm³/mol. The Kier molecular flexibility index (Phi) is 4.39. The number of carbonyl (C=O) groups excluding carboxylic acids is 1. The monoisotopic (exact) mass is 344 g/mol. The Morgan fingerprint density at radius 3 is 2.83 bits per heavy atom. The summed E-state index contributed by atoms with van der Waals surface area (Å²) >= 11 is 1.34. The molecule has 24 heavy (non-hydrogen) atoms. The minimum Gasteiger partial charge on any atom is -0.466 e.